The molecule has 3 aliphatic rings. The summed E-state index contributed by atoms with van der Waals surface area (Å²) >= 11 is 0. The van der Waals surface area contributed by atoms with E-state index in [1.54, 1.807) is 24.3 Å². The monoisotopic (exact) mass is 461 g/mol. The Morgan fingerprint density at radius 3 is 2.61 bits per heavy atom. The Morgan fingerprint density at radius 1 is 1.18 bits per heavy atom. The number of amides is 1. The molecule has 2 unspecified atom stereocenters. The molecule has 0 aliphatic carbocycles. The van der Waals surface area contributed by atoms with E-state index < -0.39 is 24.3 Å². The summed E-state index contributed by atoms with van der Waals surface area (Å²) in [6.07, 6.45) is -2.17. The first-order valence-electron chi connectivity index (χ1n) is 10.8. The highest BCUT2D eigenvalue weighted by Crippen LogP contribution is 2.41. The summed E-state index contributed by atoms with van der Waals surface area (Å²) < 4.78 is 50.8. The number of alkyl halides is 3. The first-order chi connectivity index (χ1) is 15.8. The number of fused-ring (bicyclic) bond motifs is 1. The van der Waals surface area contributed by atoms with Crippen LogP contribution in [-0.2, 0) is 22.3 Å². The van der Waals surface area contributed by atoms with E-state index in [0.717, 1.165) is 36.3 Å². The Balaban J connectivity index is 1.54. The lowest BCUT2D eigenvalue weighted by Gasteiger charge is -2.57. The standard InChI is InChI=1S/C24H26F3N3O3/c1-3-4-12-29-15-20(21(31)28-14-16-8-10-19(32-2)11-9-16)22-30(23(29)33-22)18-7-5-6-17(13-18)24(25,26)27/h5-11,13,15,22-23H,3-4,12,14H2,1-2H3,(H,28,31). The van der Waals surface area contributed by atoms with Crippen molar-refractivity contribution >= 4 is 11.6 Å². The normalized spacial score (nSPS) is 19.6. The summed E-state index contributed by atoms with van der Waals surface area (Å²) in [7, 11) is 1.58. The topological polar surface area (TPSA) is 54.0 Å². The SMILES string of the molecule is CCCCN1C=C(C(=O)NCc2ccc(OC)cc2)C2OC1N2c1cccc(C(F)(F)F)c1. The van der Waals surface area contributed by atoms with Gasteiger partial charge in [0.15, 0.2) is 6.23 Å². The maximum absolute atomic E-state index is 13.3. The summed E-state index contributed by atoms with van der Waals surface area (Å²) in [6, 6.07) is 12.4. The molecule has 2 bridgehead atoms. The lowest BCUT2D eigenvalue weighted by Crippen LogP contribution is -2.70. The van der Waals surface area contributed by atoms with Gasteiger partial charge in [-0.2, -0.15) is 13.2 Å². The molecule has 9 heteroatoms. The maximum Gasteiger partial charge on any atom is 0.416 e. The van der Waals surface area contributed by atoms with Gasteiger partial charge in [-0.25, -0.2) is 0 Å². The quantitative estimate of drug-likeness (QED) is 0.629. The van der Waals surface area contributed by atoms with E-state index in [-0.39, 0.29) is 5.91 Å². The minimum absolute atomic E-state index is 0.300. The molecule has 0 radical (unpaired) electrons. The second kappa shape index (κ2) is 9.35. The minimum Gasteiger partial charge on any atom is -0.497 e. The van der Waals surface area contributed by atoms with Gasteiger partial charge in [-0.3, -0.25) is 9.69 Å². The molecule has 0 saturated carbocycles. The number of hydrogen-bond donors (Lipinski definition) is 1. The summed E-state index contributed by atoms with van der Waals surface area (Å²) in [5, 5.41) is 2.88. The number of unbranched alkanes of at least 4 members (excludes halogenated alkanes) is 1. The molecule has 0 spiro atoms. The van der Waals surface area contributed by atoms with Crippen molar-refractivity contribution in [3.8, 4) is 5.75 Å². The Morgan fingerprint density at radius 2 is 1.94 bits per heavy atom. The number of hydrogen-bond acceptors (Lipinski definition) is 5. The van der Waals surface area contributed by atoms with Gasteiger partial charge in [-0.1, -0.05) is 31.5 Å². The van der Waals surface area contributed by atoms with Crippen LogP contribution in [0.15, 0.2) is 60.3 Å². The van der Waals surface area contributed by atoms with E-state index in [1.165, 1.54) is 6.07 Å². The fraction of sp³-hybridized carbons (Fsp3) is 0.375. The number of rotatable bonds is 8. The van der Waals surface area contributed by atoms with Gasteiger partial charge in [0, 0.05) is 25.0 Å². The second-order valence-corrected chi connectivity index (χ2v) is 7.98. The van der Waals surface area contributed by atoms with Crippen molar-refractivity contribution in [1.29, 1.82) is 0 Å². The molecule has 6 nitrogen and oxygen atoms in total. The third-order valence-corrected chi connectivity index (χ3v) is 5.71. The third kappa shape index (κ3) is 4.78. The fourth-order valence-electron chi connectivity index (χ4n) is 3.89. The second-order valence-electron chi connectivity index (χ2n) is 7.98. The molecule has 33 heavy (non-hydrogen) atoms. The van der Waals surface area contributed by atoms with E-state index in [2.05, 4.69) is 5.32 Å². The number of nitrogens with zero attached hydrogens (tertiary/aromatic N) is 2. The van der Waals surface area contributed by atoms with E-state index in [0.29, 0.717) is 24.4 Å². The number of carbonyl (C=O) groups is 1. The lowest BCUT2D eigenvalue weighted by atomic mass is 10.1. The molecule has 3 aliphatic heterocycles. The first kappa shape index (κ1) is 23.0. The van der Waals surface area contributed by atoms with Crippen LogP contribution in [0.3, 0.4) is 0 Å². The number of ether oxygens (including phenoxy) is 2. The predicted molar refractivity (Wildman–Crippen MR) is 117 cm³/mol. The summed E-state index contributed by atoms with van der Waals surface area (Å²) in [5.74, 6) is 0.393. The zero-order valence-corrected chi connectivity index (χ0v) is 18.4. The van der Waals surface area contributed by atoms with Crippen LogP contribution in [0, 0.1) is 0 Å². The molecular weight excluding hydrogens is 435 g/mol. The van der Waals surface area contributed by atoms with Crippen LogP contribution in [0.4, 0.5) is 18.9 Å². The molecule has 1 N–H and O–H groups in total. The number of carbonyl (C=O) groups excluding carboxylic acids is 1. The van der Waals surface area contributed by atoms with Crippen molar-refractivity contribution in [3.05, 3.63) is 71.4 Å². The molecule has 2 atom stereocenters. The minimum atomic E-state index is -4.45. The molecule has 0 aromatic heterocycles. The zero-order valence-electron chi connectivity index (χ0n) is 18.4. The molecule has 176 valence electrons. The van der Waals surface area contributed by atoms with E-state index >= 15 is 0 Å². The van der Waals surface area contributed by atoms with Gasteiger partial charge in [0.1, 0.15) is 5.75 Å². The van der Waals surface area contributed by atoms with Crippen molar-refractivity contribution in [2.75, 3.05) is 18.6 Å². The van der Waals surface area contributed by atoms with Crippen LogP contribution < -0.4 is 15.0 Å². The molecule has 1 amide bonds. The van der Waals surface area contributed by atoms with Crippen molar-refractivity contribution in [3.63, 3.8) is 0 Å². The third-order valence-electron chi connectivity index (χ3n) is 5.71. The zero-order chi connectivity index (χ0) is 23.6. The smallest absolute Gasteiger partial charge is 0.416 e. The van der Waals surface area contributed by atoms with Gasteiger partial charge in [0.25, 0.3) is 5.91 Å². The van der Waals surface area contributed by atoms with Gasteiger partial charge in [0.05, 0.1) is 18.2 Å². The molecule has 5 rings (SSSR count). The molecule has 3 heterocycles. The Kier molecular flexibility index (Phi) is 6.51. The molecule has 1 fully saturated rings. The molecular formula is C24H26F3N3O3. The first-order valence-corrected chi connectivity index (χ1v) is 10.8. The summed E-state index contributed by atoms with van der Waals surface area (Å²) in [5.41, 5.74) is 0.880. The van der Waals surface area contributed by atoms with Gasteiger partial charge < -0.3 is 19.7 Å². The van der Waals surface area contributed by atoms with Crippen LogP contribution in [0.5, 0.6) is 5.75 Å². The van der Waals surface area contributed by atoms with Gasteiger partial charge in [-0.15, -0.1) is 0 Å². The number of halogens is 3. The number of benzene rings is 2. The summed E-state index contributed by atoms with van der Waals surface area (Å²) in [6.45, 7) is 2.97. The Bertz CT molecular complexity index is 1020. The van der Waals surface area contributed by atoms with Gasteiger partial charge >= 0.3 is 6.18 Å². The number of nitrogens with one attached hydrogen (secondary N) is 1. The highest BCUT2D eigenvalue weighted by atomic mass is 19.4. The van der Waals surface area contributed by atoms with Crippen LogP contribution in [0.1, 0.15) is 30.9 Å². The van der Waals surface area contributed by atoms with Crippen molar-refractivity contribution in [2.45, 2.75) is 45.1 Å². The Labute approximate surface area is 190 Å². The van der Waals surface area contributed by atoms with Gasteiger partial charge in [0.2, 0.25) is 6.35 Å². The van der Waals surface area contributed by atoms with Crippen LogP contribution in [0.2, 0.25) is 0 Å². The van der Waals surface area contributed by atoms with E-state index in [1.807, 2.05) is 36.1 Å². The Hall–Kier alpha value is -3.20. The average molecular weight is 461 g/mol. The van der Waals surface area contributed by atoms with Crippen molar-refractivity contribution in [2.24, 2.45) is 0 Å². The fourth-order valence-corrected chi connectivity index (χ4v) is 3.89. The average Bonchev–Trinajstić information content (AvgIpc) is 2.80. The lowest BCUT2D eigenvalue weighted by molar-refractivity contribution is -0.181. The molecule has 2 aromatic rings. The van der Waals surface area contributed by atoms with Crippen LogP contribution in [-0.4, -0.2) is 37.0 Å². The molecule has 1 saturated heterocycles. The highest BCUT2D eigenvalue weighted by molar-refractivity contribution is 5.95. The number of methoxy groups -OCH3 is 1. The highest BCUT2D eigenvalue weighted by Gasteiger charge is 2.50. The largest absolute Gasteiger partial charge is 0.497 e. The van der Waals surface area contributed by atoms with E-state index in [4.69, 9.17) is 9.47 Å². The van der Waals surface area contributed by atoms with Crippen LogP contribution in [0.25, 0.3) is 0 Å². The summed E-state index contributed by atoms with van der Waals surface area (Å²) in [4.78, 5) is 16.6. The van der Waals surface area contributed by atoms with Crippen molar-refractivity contribution in [1.82, 2.24) is 10.2 Å². The van der Waals surface area contributed by atoms with Gasteiger partial charge in [-0.05, 0) is 42.3 Å². The number of anilines is 1. The van der Waals surface area contributed by atoms with E-state index in [9.17, 15) is 18.0 Å². The van der Waals surface area contributed by atoms with Crippen LogP contribution >= 0.6 is 0 Å². The van der Waals surface area contributed by atoms with Crippen molar-refractivity contribution < 1.29 is 27.4 Å². The molecule has 2 aromatic carbocycles. The maximum atomic E-state index is 13.3. The predicted octanol–water partition coefficient (Wildman–Crippen LogP) is 4.48.